The second kappa shape index (κ2) is 11.2. The molecular formula is C52H32N2. The quantitative estimate of drug-likeness (QED) is 0.163. The van der Waals surface area contributed by atoms with Gasteiger partial charge in [-0.15, -0.1) is 0 Å². The van der Waals surface area contributed by atoms with E-state index in [4.69, 9.17) is 0 Å². The fraction of sp³-hybridized carbons (Fsp3) is 0. The molecule has 0 bridgehead atoms. The highest BCUT2D eigenvalue weighted by Crippen LogP contribution is 2.50. The minimum atomic E-state index is 1.15. The Balaban J connectivity index is 1.31. The van der Waals surface area contributed by atoms with Gasteiger partial charge in [0.2, 0.25) is 0 Å². The average molecular weight is 685 g/mol. The highest BCUT2D eigenvalue weighted by Gasteiger charge is 2.25. The molecule has 0 unspecified atom stereocenters. The van der Waals surface area contributed by atoms with E-state index in [2.05, 4.69) is 203 Å². The van der Waals surface area contributed by atoms with Crippen LogP contribution in [0.25, 0.3) is 110 Å². The van der Waals surface area contributed by atoms with Crippen LogP contribution >= 0.6 is 0 Å². The lowest BCUT2D eigenvalue weighted by atomic mass is 9.85. The fourth-order valence-corrected chi connectivity index (χ4v) is 9.44. The molecule has 0 radical (unpaired) electrons. The van der Waals surface area contributed by atoms with Crippen molar-refractivity contribution < 1.29 is 0 Å². The second-order valence-corrected chi connectivity index (χ2v) is 14.4. The molecule has 0 aliphatic heterocycles. The standard InChI is InChI=1S/C52H32N2/c1-4-14-33(15-5-1)38-28-24-34-26-30-40-41(31-27-35-25-29-39(38)48(34)49(35)40)52-50-42-20-10-12-22-44(42)53(36-16-6-2-7-17-36)46(50)32-47-51(52)43-21-11-13-23-45(43)54(47)37-18-8-3-9-19-37/h1-32H. The van der Waals surface area contributed by atoms with Crippen LogP contribution in [0.15, 0.2) is 194 Å². The smallest absolute Gasteiger partial charge is 0.0568 e. The Morgan fingerprint density at radius 3 is 1.24 bits per heavy atom. The Morgan fingerprint density at radius 1 is 0.278 bits per heavy atom. The van der Waals surface area contributed by atoms with Gasteiger partial charge in [0.05, 0.1) is 22.1 Å². The van der Waals surface area contributed by atoms with Crippen molar-refractivity contribution in [2.24, 2.45) is 0 Å². The third-order valence-corrected chi connectivity index (χ3v) is 11.6. The van der Waals surface area contributed by atoms with Crippen molar-refractivity contribution in [3.8, 4) is 33.6 Å². The molecule has 0 aliphatic carbocycles. The maximum absolute atomic E-state index is 2.46. The normalized spacial score (nSPS) is 12.1. The van der Waals surface area contributed by atoms with Gasteiger partial charge in [-0.2, -0.15) is 0 Å². The molecule has 10 aromatic carbocycles. The predicted octanol–water partition coefficient (Wildman–Crippen LogP) is 14.1. The summed E-state index contributed by atoms with van der Waals surface area (Å²) in [5.41, 5.74) is 12.1. The SMILES string of the molecule is c1ccc(-c2ccc3ccc4c(-c5c6c7ccccc7n(-c7ccccc7)c6cc6c5c5ccccc5n6-c5ccccc5)ccc5ccc2c3c54)cc1. The third kappa shape index (κ3) is 4.00. The van der Waals surface area contributed by atoms with Crippen LogP contribution in [0.4, 0.5) is 0 Å². The lowest BCUT2D eigenvalue weighted by Gasteiger charge is -2.18. The van der Waals surface area contributed by atoms with Crippen LogP contribution in [0, 0.1) is 0 Å². The van der Waals surface area contributed by atoms with E-state index in [-0.39, 0.29) is 0 Å². The van der Waals surface area contributed by atoms with Crippen LogP contribution in [0.2, 0.25) is 0 Å². The first kappa shape index (κ1) is 29.4. The van der Waals surface area contributed by atoms with Crippen molar-refractivity contribution in [2.45, 2.75) is 0 Å². The number of nitrogens with zero attached hydrogens (tertiary/aromatic N) is 2. The zero-order chi connectivity index (χ0) is 35.3. The minimum Gasteiger partial charge on any atom is -0.309 e. The van der Waals surface area contributed by atoms with Crippen LogP contribution in [-0.2, 0) is 0 Å². The molecule has 12 aromatic rings. The fourth-order valence-electron chi connectivity index (χ4n) is 9.44. The van der Waals surface area contributed by atoms with Gasteiger partial charge in [0.25, 0.3) is 0 Å². The number of rotatable bonds is 4. The highest BCUT2D eigenvalue weighted by molar-refractivity contribution is 6.33. The summed E-state index contributed by atoms with van der Waals surface area (Å²) in [7, 11) is 0. The van der Waals surface area contributed by atoms with Crippen LogP contribution in [-0.4, -0.2) is 9.13 Å². The highest BCUT2D eigenvalue weighted by atomic mass is 15.0. The summed E-state index contributed by atoms with van der Waals surface area (Å²) in [6.45, 7) is 0. The summed E-state index contributed by atoms with van der Waals surface area (Å²) < 4.78 is 4.92. The molecule has 250 valence electrons. The van der Waals surface area contributed by atoms with Gasteiger partial charge in [0.1, 0.15) is 0 Å². The van der Waals surface area contributed by atoms with Crippen LogP contribution in [0.5, 0.6) is 0 Å². The van der Waals surface area contributed by atoms with Crippen LogP contribution < -0.4 is 0 Å². The van der Waals surface area contributed by atoms with Crippen LogP contribution in [0.1, 0.15) is 0 Å². The van der Waals surface area contributed by atoms with E-state index in [1.165, 1.54) is 98.2 Å². The number of benzene rings is 10. The van der Waals surface area contributed by atoms with Crippen molar-refractivity contribution in [2.75, 3.05) is 0 Å². The van der Waals surface area contributed by atoms with E-state index >= 15 is 0 Å². The Hall–Kier alpha value is -7.16. The van der Waals surface area contributed by atoms with E-state index in [0.717, 1.165) is 11.4 Å². The minimum absolute atomic E-state index is 1.15. The summed E-state index contributed by atoms with van der Waals surface area (Å²) in [4.78, 5) is 0. The van der Waals surface area contributed by atoms with E-state index in [1.54, 1.807) is 0 Å². The molecule has 0 atom stereocenters. The van der Waals surface area contributed by atoms with E-state index < -0.39 is 0 Å². The second-order valence-electron chi connectivity index (χ2n) is 14.4. The van der Waals surface area contributed by atoms with E-state index in [1.807, 2.05) is 0 Å². The van der Waals surface area contributed by atoms with E-state index in [9.17, 15) is 0 Å². The zero-order valence-corrected chi connectivity index (χ0v) is 29.4. The molecule has 54 heavy (non-hydrogen) atoms. The van der Waals surface area contributed by atoms with Crippen LogP contribution in [0.3, 0.4) is 0 Å². The maximum Gasteiger partial charge on any atom is 0.0568 e. The van der Waals surface area contributed by atoms with Gasteiger partial charge < -0.3 is 9.13 Å². The Bertz CT molecular complexity index is 3270. The Labute approximate surface area is 311 Å². The molecule has 0 N–H and O–H groups in total. The lowest BCUT2D eigenvalue weighted by molar-refractivity contribution is 1.16. The molecule has 2 heteroatoms. The van der Waals surface area contributed by atoms with Gasteiger partial charge in [0, 0.05) is 38.5 Å². The Morgan fingerprint density at radius 2 is 0.704 bits per heavy atom. The first-order valence-corrected chi connectivity index (χ1v) is 18.7. The molecule has 2 nitrogen and oxygen atoms in total. The molecule has 2 aromatic heterocycles. The lowest BCUT2D eigenvalue weighted by Crippen LogP contribution is -1.96. The van der Waals surface area contributed by atoms with Gasteiger partial charge in [-0.3, -0.25) is 0 Å². The maximum atomic E-state index is 2.46. The molecule has 0 spiro atoms. The number of aromatic nitrogens is 2. The number of fused-ring (bicyclic) bond motifs is 6. The van der Waals surface area contributed by atoms with Crippen molar-refractivity contribution in [3.05, 3.63) is 194 Å². The molecule has 0 amide bonds. The number of hydrogen-bond donors (Lipinski definition) is 0. The average Bonchev–Trinajstić information content (AvgIpc) is 3.75. The predicted molar refractivity (Wildman–Crippen MR) is 230 cm³/mol. The largest absolute Gasteiger partial charge is 0.309 e. The Kier molecular flexibility index (Phi) is 6.09. The van der Waals surface area contributed by atoms with E-state index in [0.29, 0.717) is 0 Å². The summed E-state index contributed by atoms with van der Waals surface area (Å²) in [5, 5.41) is 12.8. The molecule has 0 saturated carbocycles. The number of para-hydroxylation sites is 4. The van der Waals surface area contributed by atoms with Gasteiger partial charge in [0.15, 0.2) is 0 Å². The van der Waals surface area contributed by atoms with Gasteiger partial charge in [-0.25, -0.2) is 0 Å². The number of hydrogen-bond acceptors (Lipinski definition) is 0. The summed E-state index contributed by atoms with van der Waals surface area (Å²) in [6.07, 6.45) is 0. The molecular weight excluding hydrogens is 653 g/mol. The molecule has 12 rings (SSSR count). The first-order chi connectivity index (χ1) is 26.8. The summed E-state index contributed by atoms with van der Waals surface area (Å²) in [5.74, 6) is 0. The van der Waals surface area contributed by atoms with Gasteiger partial charge >= 0.3 is 0 Å². The summed E-state index contributed by atoms with van der Waals surface area (Å²) in [6, 6.07) is 71.5. The van der Waals surface area contributed by atoms with Crippen molar-refractivity contribution >= 4 is 75.9 Å². The van der Waals surface area contributed by atoms with Crippen molar-refractivity contribution in [1.82, 2.24) is 9.13 Å². The monoisotopic (exact) mass is 684 g/mol. The van der Waals surface area contributed by atoms with Crippen molar-refractivity contribution in [3.63, 3.8) is 0 Å². The molecule has 2 heterocycles. The van der Waals surface area contributed by atoms with Gasteiger partial charge in [-0.05, 0) is 91.5 Å². The van der Waals surface area contributed by atoms with Gasteiger partial charge in [-0.1, -0.05) is 152 Å². The topological polar surface area (TPSA) is 9.86 Å². The molecule has 0 saturated heterocycles. The van der Waals surface area contributed by atoms with Crippen molar-refractivity contribution in [1.29, 1.82) is 0 Å². The third-order valence-electron chi connectivity index (χ3n) is 11.6. The first-order valence-electron chi connectivity index (χ1n) is 18.7. The molecule has 0 aliphatic rings. The molecule has 0 fully saturated rings. The summed E-state index contributed by atoms with van der Waals surface area (Å²) >= 11 is 0. The zero-order valence-electron chi connectivity index (χ0n) is 29.4.